The molecule has 0 aliphatic heterocycles. The summed E-state index contributed by atoms with van der Waals surface area (Å²) in [4.78, 5) is 27.9. The van der Waals surface area contributed by atoms with E-state index in [0.717, 1.165) is 0 Å². The van der Waals surface area contributed by atoms with Gasteiger partial charge in [-0.15, -0.1) is 0 Å². The van der Waals surface area contributed by atoms with E-state index in [1.54, 1.807) is 46.8 Å². The van der Waals surface area contributed by atoms with Gasteiger partial charge < -0.3 is 14.8 Å². The number of rotatable bonds is 5. The zero-order valence-corrected chi connectivity index (χ0v) is 14.4. The monoisotopic (exact) mass is 320 g/mol. The van der Waals surface area contributed by atoms with Gasteiger partial charge in [0.25, 0.3) is 0 Å². The van der Waals surface area contributed by atoms with Gasteiger partial charge in [0, 0.05) is 5.56 Å². The van der Waals surface area contributed by atoms with Crippen molar-refractivity contribution in [3.05, 3.63) is 35.7 Å². The Bertz CT molecular complexity index is 603. The number of pyridine rings is 1. The highest BCUT2D eigenvalue weighted by Gasteiger charge is 2.18. The predicted octanol–water partition coefficient (Wildman–Crippen LogP) is 3.32. The minimum Gasteiger partial charge on any atom is -0.461 e. The second-order valence-corrected chi connectivity index (χ2v) is 6.06. The number of ether oxygens (including phenoxy) is 2. The largest absolute Gasteiger partial charge is 0.461 e. The van der Waals surface area contributed by atoms with Crippen LogP contribution in [-0.4, -0.2) is 29.3 Å². The van der Waals surface area contributed by atoms with Crippen LogP contribution in [-0.2, 0) is 16.0 Å². The quantitative estimate of drug-likeness (QED) is 0.842. The lowest BCUT2D eigenvalue weighted by Gasteiger charge is -2.19. The number of amides is 1. The van der Waals surface area contributed by atoms with Crippen LogP contribution in [0, 0.1) is 0 Å². The molecule has 1 aromatic heterocycles. The molecule has 0 radical (unpaired) electrons. The Labute approximate surface area is 136 Å². The van der Waals surface area contributed by atoms with Crippen molar-refractivity contribution >= 4 is 17.6 Å². The molecule has 0 bridgehead atoms. The number of nitrogens with zero attached hydrogens (tertiary/aromatic N) is 1. The van der Waals surface area contributed by atoms with Crippen molar-refractivity contribution in [2.24, 2.45) is 0 Å². The average molecular weight is 320 g/mol. The Balaban J connectivity index is 2.89. The molecule has 1 aromatic rings. The number of hydrogen-bond donors (Lipinski definition) is 1. The number of alkyl carbamates (subject to hydrolysis) is 1. The van der Waals surface area contributed by atoms with E-state index in [1.165, 1.54) is 0 Å². The molecule has 0 saturated heterocycles. The van der Waals surface area contributed by atoms with E-state index >= 15 is 0 Å². The van der Waals surface area contributed by atoms with Crippen LogP contribution in [0.15, 0.2) is 18.7 Å². The maximum Gasteiger partial charge on any atom is 0.407 e. The van der Waals surface area contributed by atoms with Crippen LogP contribution in [0.25, 0.3) is 5.57 Å². The third-order valence-corrected chi connectivity index (χ3v) is 2.69. The van der Waals surface area contributed by atoms with E-state index < -0.39 is 17.7 Å². The highest BCUT2D eigenvalue weighted by Crippen LogP contribution is 2.17. The Morgan fingerprint density at radius 2 is 1.96 bits per heavy atom. The summed E-state index contributed by atoms with van der Waals surface area (Å²) in [6.07, 6.45) is -0.541. The molecule has 0 saturated carbocycles. The summed E-state index contributed by atoms with van der Waals surface area (Å²) >= 11 is 0. The Morgan fingerprint density at radius 3 is 2.48 bits per heavy atom. The first-order valence-electron chi connectivity index (χ1n) is 7.43. The maximum absolute atomic E-state index is 12.0. The molecule has 0 aliphatic carbocycles. The molecule has 6 heteroatoms. The van der Waals surface area contributed by atoms with E-state index in [1.807, 2.05) is 0 Å². The van der Waals surface area contributed by atoms with E-state index in [0.29, 0.717) is 16.8 Å². The van der Waals surface area contributed by atoms with Crippen LogP contribution < -0.4 is 5.32 Å². The Kier molecular flexibility index (Phi) is 6.30. The summed E-state index contributed by atoms with van der Waals surface area (Å²) < 4.78 is 10.2. The zero-order valence-electron chi connectivity index (χ0n) is 14.4. The topological polar surface area (TPSA) is 77.5 Å². The van der Waals surface area contributed by atoms with Crippen LogP contribution in [0.1, 0.15) is 56.4 Å². The van der Waals surface area contributed by atoms with Crippen molar-refractivity contribution in [1.29, 1.82) is 0 Å². The molecule has 23 heavy (non-hydrogen) atoms. The molecular formula is C17H24N2O4. The van der Waals surface area contributed by atoms with E-state index in [-0.39, 0.29) is 18.8 Å². The zero-order chi connectivity index (χ0) is 17.6. The van der Waals surface area contributed by atoms with Gasteiger partial charge in [0.15, 0.2) is 5.69 Å². The summed E-state index contributed by atoms with van der Waals surface area (Å²) in [5.74, 6) is -0.510. The van der Waals surface area contributed by atoms with Gasteiger partial charge in [0.1, 0.15) is 5.60 Å². The molecular weight excluding hydrogens is 296 g/mol. The summed E-state index contributed by atoms with van der Waals surface area (Å²) in [6, 6.07) is 3.47. The SMILES string of the molecule is C=C(C)c1ccc(CNC(=O)OC(C)(C)C)nc1C(=O)OCC. The molecule has 0 fully saturated rings. The number of nitrogens with one attached hydrogen (secondary N) is 1. The molecule has 0 aliphatic rings. The van der Waals surface area contributed by atoms with Gasteiger partial charge in [0.2, 0.25) is 0 Å². The molecule has 1 amide bonds. The summed E-state index contributed by atoms with van der Waals surface area (Å²) in [7, 11) is 0. The van der Waals surface area contributed by atoms with Gasteiger partial charge in [-0.25, -0.2) is 14.6 Å². The Hall–Kier alpha value is -2.37. The van der Waals surface area contributed by atoms with E-state index in [4.69, 9.17) is 9.47 Å². The molecule has 1 heterocycles. The first kappa shape index (κ1) is 18.7. The van der Waals surface area contributed by atoms with Gasteiger partial charge >= 0.3 is 12.1 Å². The van der Waals surface area contributed by atoms with Crippen molar-refractivity contribution in [3.63, 3.8) is 0 Å². The van der Waals surface area contributed by atoms with Gasteiger partial charge in [-0.1, -0.05) is 12.6 Å². The fraction of sp³-hybridized carbons (Fsp3) is 0.471. The van der Waals surface area contributed by atoms with Crippen molar-refractivity contribution in [2.75, 3.05) is 6.61 Å². The second-order valence-electron chi connectivity index (χ2n) is 6.06. The van der Waals surface area contributed by atoms with E-state index in [9.17, 15) is 9.59 Å². The molecule has 1 N–H and O–H groups in total. The van der Waals surface area contributed by atoms with Crippen molar-refractivity contribution < 1.29 is 19.1 Å². The normalized spacial score (nSPS) is 10.8. The smallest absolute Gasteiger partial charge is 0.407 e. The minimum absolute atomic E-state index is 0.151. The maximum atomic E-state index is 12.0. The molecule has 0 atom stereocenters. The summed E-state index contributed by atoms with van der Waals surface area (Å²) in [5, 5.41) is 2.60. The molecule has 0 aromatic carbocycles. The standard InChI is InChI=1S/C17H24N2O4/c1-7-22-15(20)14-13(11(2)3)9-8-12(19-14)10-18-16(21)23-17(4,5)6/h8-9H,2,7,10H2,1,3-6H3,(H,18,21). The lowest BCUT2D eigenvalue weighted by molar-refractivity contribution is 0.0515. The third kappa shape index (κ3) is 6.10. The molecule has 0 spiro atoms. The van der Waals surface area contributed by atoms with Gasteiger partial charge in [-0.3, -0.25) is 0 Å². The average Bonchev–Trinajstić information content (AvgIpc) is 2.43. The number of allylic oxidation sites excluding steroid dienone is 1. The third-order valence-electron chi connectivity index (χ3n) is 2.69. The summed E-state index contributed by atoms with van der Waals surface area (Å²) in [6.45, 7) is 13.1. The van der Waals surface area contributed by atoms with Crippen molar-refractivity contribution in [1.82, 2.24) is 10.3 Å². The van der Waals surface area contributed by atoms with Gasteiger partial charge in [0.05, 0.1) is 18.8 Å². The Morgan fingerprint density at radius 1 is 1.30 bits per heavy atom. The fourth-order valence-corrected chi connectivity index (χ4v) is 1.77. The van der Waals surface area contributed by atoms with Crippen LogP contribution in [0.4, 0.5) is 4.79 Å². The number of hydrogen-bond acceptors (Lipinski definition) is 5. The molecule has 6 nitrogen and oxygen atoms in total. The molecule has 126 valence electrons. The lowest BCUT2D eigenvalue weighted by atomic mass is 10.1. The summed E-state index contributed by atoms with van der Waals surface area (Å²) in [5.41, 5.74) is 1.50. The number of carbonyl (C=O) groups excluding carboxylic acids is 2. The van der Waals surface area contributed by atoms with Crippen molar-refractivity contribution in [3.8, 4) is 0 Å². The van der Waals surface area contributed by atoms with E-state index in [2.05, 4.69) is 16.9 Å². The molecule has 1 rings (SSSR count). The van der Waals surface area contributed by atoms with Crippen LogP contribution in [0.2, 0.25) is 0 Å². The van der Waals surface area contributed by atoms with Crippen LogP contribution in [0.5, 0.6) is 0 Å². The van der Waals surface area contributed by atoms with Gasteiger partial charge in [-0.2, -0.15) is 0 Å². The number of carbonyl (C=O) groups is 2. The first-order chi connectivity index (χ1) is 10.6. The second kappa shape index (κ2) is 7.76. The van der Waals surface area contributed by atoms with Crippen LogP contribution >= 0.6 is 0 Å². The number of aromatic nitrogens is 1. The molecule has 0 unspecified atom stereocenters. The number of esters is 1. The lowest BCUT2D eigenvalue weighted by Crippen LogP contribution is -2.32. The van der Waals surface area contributed by atoms with Gasteiger partial charge in [-0.05, 0) is 46.3 Å². The first-order valence-corrected chi connectivity index (χ1v) is 7.43. The minimum atomic E-state index is -0.572. The highest BCUT2D eigenvalue weighted by molar-refractivity contribution is 5.93. The van der Waals surface area contributed by atoms with Crippen molar-refractivity contribution in [2.45, 2.75) is 46.8 Å². The highest BCUT2D eigenvalue weighted by atomic mass is 16.6. The predicted molar refractivity (Wildman–Crippen MR) is 88.0 cm³/mol. The van der Waals surface area contributed by atoms with Crippen LogP contribution in [0.3, 0.4) is 0 Å². The fourth-order valence-electron chi connectivity index (χ4n) is 1.77.